The van der Waals surface area contributed by atoms with E-state index >= 15 is 0 Å². The molecule has 1 aromatic heterocycles. The van der Waals surface area contributed by atoms with Crippen LogP contribution in [-0.4, -0.2) is 26.8 Å². The molecule has 5 nitrogen and oxygen atoms in total. The average Bonchev–Trinajstić information content (AvgIpc) is 2.91. The highest BCUT2D eigenvalue weighted by atomic mass is 79.9. The SMILES string of the molecule is CCCNC(C)c1nnnn1-c1ccc(Br)c(Cl)c1Cl. The molecule has 2 aromatic rings. The molecule has 0 amide bonds. The summed E-state index contributed by atoms with van der Waals surface area (Å²) in [5, 5.41) is 16.0. The lowest BCUT2D eigenvalue weighted by molar-refractivity contribution is 0.531. The highest BCUT2D eigenvalue weighted by Gasteiger charge is 2.18. The van der Waals surface area contributed by atoms with Gasteiger partial charge in [-0.05, 0) is 58.4 Å². The average molecular weight is 379 g/mol. The van der Waals surface area contributed by atoms with E-state index < -0.39 is 0 Å². The van der Waals surface area contributed by atoms with Crippen LogP contribution < -0.4 is 5.32 Å². The van der Waals surface area contributed by atoms with Crippen LogP contribution in [0.3, 0.4) is 0 Å². The number of hydrogen-bond acceptors (Lipinski definition) is 4. The van der Waals surface area contributed by atoms with Crippen molar-refractivity contribution in [1.82, 2.24) is 25.5 Å². The van der Waals surface area contributed by atoms with Crippen LogP contribution in [0.4, 0.5) is 0 Å². The third-order valence-corrected chi connectivity index (χ3v) is 4.59. The molecule has 0 aliphatic rings. The summed E-state index contributed by atoms with van der Waals surface area (Å²) in [5.74, 6) is 0.693. The molecule has 20 heavy (non-hydrogen) atoms. The molecule has 0 saturated carbocycles. The molecule has 1 heterocycles. The summed E-state index contributed by atoms with van der Waals surface area (Å²) in [7, 11) is 0. The van der Waals surface area contributed by atoms with Crippen molar-refractivity contribution in [3.63, 3.8) is 0 Å². The molecule has 0 saturated heterocycles. The van der Waals surface area contributed by atoms with Gasteiger partial charge in [-0.1, -0.05) is 30.1 Å². The van der Waals surface area contributed by atoms with Gasteiger partial charge in [0.1, 0.15) is 0 Å². The van der Waals surface area contributed by atoms with Gasteiger partial charge in [0.15, 0.2) is 5.82 Å². The number of nitrogens with zero attached hydrogens (tertiary/aromatic N) is 4. The Labute approximate surface area is 135 Å². The van der Waals surface area contributed by atoms with E-state index in [9.17, 15) is 0 Å². The number of hydrogen-bond donors (Lipinski definition) is 1. The summed E-state index contributed by atoms with van der Waals surface area (Å²) in [6.07, 6.45) is 1.04. The Bertz CT molecular complexity index is 602. The second-order valence-electron chi connectivity index (χ2n) is 4.32. The van der Waals surface area contributed by atoms with E-state index in [0.717, 1.165) is 17.4 Å². The minimum Gasteiger partial charge on any atom is -0.307 e. The Morgan fingerprint density at radius 1 is 1.35 bits per heavy atom. The van der Waals surface area contributed by atoms with Gasteiger partial charge in [-0.25, -0.2) is 0 Å². The molecule has 1 atom stereocenters. The number of benzene rings is 1. The van der Waals surface area contributed by atoms with Gasteiger partial charge in [0.05, 0.1) is 21.8 Å². The topological polar surface area (TPSA) is 55.6 Å². The van der Waals surface area contributed by atoms with E-state index in [0.29, 0.717) is 21.6 Å². The van der Waals surface area contributed by atoms with Gasteiger partial charge in [-0.2, -0.15) is 4.68 Å². The third-order valence-electron chi connectivity index (χ3n) is 2.82. The molecule has 0 aliphatic carbocycles. The molecule has 0 bridgehead atoms. The van der Waals surface area contributed by atoms with Crippen molar-refractivity contribution in [2.45, 2.75) is 26.3 Å². The van der Waals surface area contributed by atoms with Crippen LogP contribution in [-0.2, 0) is 0 Å². The van der Waals surface area contributed by atoms with Crippen molar-refractivity contribution in [3.05, 3.63) is 32.5 Å². The maximum atomic E-state index is 6.27. The maximum absolute atomic E-state index is 6.27. The summed E-state index contributed by atoms with van der Waals surface area (Å²) in [6, 6.07) is 3.66. The second kappa shape index (κ2) is 6.85. The van der Waals surface area contributed by atoms with Crippen molar-refractivity contribution >= 4 is 39.1 Å². The van der Waals surface area contributed by atoms with Crippen LogP contribution in [0.5, 0.6) is 0 Å². The lowest BCUT2D eigenvalue weighted by Crippen LogP contribution is -2.22. The van der Waals surface area contributed by atoms with Crippen molar-refractivity contribution in [2.75, 3.05) is 6.54 Å². The third kappa shape index (κ3) is 3.14. The van der Waals surface area contributed by atoms with Crippen LogP contribution in [0.2, 0.25) is 10.0 Å². The lowest BCUT2D eigenvalue weighted by Gasteiger charge is -2.14. The van der Waals surface area contributed by atoms with Crippen LogP contribution in [0.1, 0.15) is 32.1 Å². The Kier molecular flexibility index (Phi) is 5.37. The van der Waals surface area contributed by atoms with E-state index in [4.69, 9.17) is 23.2 Å². The zero-order valence-corrected chi connectivity index (χ0v) is 14.2. The molecule has 8 heteroatoms. The number of halogens is 3. The van der Waals surface area contributed by atoms with Crippen molar-refractivity contribution in [3.8, 4) is 5.69 Å². The Morgan fingerprint density at radius 3 is 2.80 bits per heavy atom. The summed E-state index contributed by atoms with van der Waals surface area (Å²) in [4.78, 5) is 0. The molecular formula is C12H14BrCl2N5. The first-order chi connectivity index (χ1) is 9.56. The first kappa shape index (κ1) is 15.7. The van der Waals surface area contributed by atoms with Gasteiger partial charge in [0.2, 0.25) is 0 Å². The minimum atomic E-state index is 0.0171. The molecule has 0 radical (unpaired) electrons. The molecule has 2 rings (SSSR count). The van der Waals surface area contributed by atoms with E-state index in [1.54, 1.807) is 4.68 Å². The van der Waals surface area contributed by atoms with Crippen LogP contribution in [0.25, 0.3) is 5.69 Å². The quantitative estimate of drug-likeness (QED) is 0.804. The Hall–Kier alpha value is -0.690. The largest absolute Gasteiger partial charge is 0.307 e. The van der Waals surface area contributed by atoms with Gasteiger partial charge in [0, 0.05) is 4.47 Å². The molecule has 0 aliphatic heterocycles. The second-order valence-corrected chi connectivity index (χ2v) is 5.93. The molecule has 1 unspecified atom stereocenters. The van der Waals surface area contributed by atoms with E-state index in [1.807, 2.05) is 19.1 Å². The summed E-state index contributed by atoms with van der Waals surface area (Å²) in [5.41, 5.74) is 0.657. The molecular weight excluding hydrogens is 365 g/mol. The van der Waals surface area contributed by atoms with Crippen LogP contribution >= 0.6 is 39.1 Å². The van der Waals surface area contributed by atoms with Gasteiger partial charge in [-0.15, -0.1) is 5.10 Å². The Balaban J connectivity index is 2.40. The van der Waals surface area contributed by atoms with E-state index in [-0.39, 0.29) is 6.04 Å². The fraction of sp³-hybridized carbons (Fsp3) is 0.417. The Morgan fingerprint density at radius 2 is 2.10 bits per heavy atom. The fourth-order valence-corrected chi connectivity index (χ4v) is 2.62. The van der Waals surface area contributed by atoms with E-state index in [1.165, 1.54) is 0 Å². The number of aromatic nitrogens is 4. The summed E-state index contributed by atoms with van der Waals surface area (Å²) in [6.45, 7) is 5.00. The lowest BCUT2D eigenvalue weighted by atomic mass is 10.2. The van der Waals surface area contributed by atoms with E-state index in [2.05, 4.69) is 43.7 Å². The first-order valence-electron chi connectivity index (χ1n) is 6.21. The van der Waals surface area contributed by atoms with Gasteiger partial charge in [0.25, 0.3) is 0 Å². The number of nitrogens with one attached hydrogen (secondary N) is 1. The minimum absolute atomic E-state index is 0.0171. The van der Waals surface area contributed by atoms with Crippen molar-refractivity contribution in [1.29, 1.82) is 0 Å². The molecule has 0 spiro atoms. The maximum Gasteiger partial charge on any atom is 0.173 e. The van der Waals surface area contributed by atoms with Crippen LogP contribution in [0.15, 0.2) is 16.6 Å². The first-order valence-corrected chi connectivity index (χ1v) is 7.76. The molecule has 1 aromatic carbocycles. The summed E-state index contributed by atoms with van der Waals surface area (Å²) >= 11 is 15.7. The molecule has 0 fully saturated rings. The standard InChI is InChI=1S/C12H14BrCl2N5/c1-3-6-16-7(2)12-17-18-19-20(12)9-5-4-8(13)10(14)11(9)15/h4-5,7,16H,3,6H2,1-2H3. The zero-order chi connectivity index (χ0) is 14.7. The smallest absolute Gasteiger partial charge is 0.173 e. The predicted molar refractivity (Wildman–Crippen MR) is 83.6 cm³/mol. The van der Waals surface area contributed by atoms with Gasteiger partial charge >= 0.3 is 0 Å². The molecule has 1 N–H and O–H groups in total. The van der Waals surface area contributed by atoms with Crippen molar-refractivity contribution < 1.29 is 0 Å². The van der Waals surface area contributed by atoms with Gasteiger partial charge in [-0.3, -0.25) is 0 Å². The zero-order valence-electron chi connectivity index (χ0n) is 11.1. The predicted octanol–water partition coefficient (Wildman–Crippen LogP) is 3.79. The van der Waals surface area contributed by atoms with Gasteiger partial charge < -0.3 is 5.32 Å². The highest BCUT2D eigenvalue weighted by Crippen LogP contribution is 2.35. The number of rotatable bonds is 5. The monoisotopic (exact) mass is 377 g/mol. The highest BCUT2D eigenvalue weighted by molar-refractivity contribution is 9.10. The van der Waals surface area contributed by atoms with Crippen LogP contribution in [0, 0.1) is 0 Å². The summed E-state index contributed by atoms with van der Waals surface area (Å²) < 4.78 is 2.34. The normalized spacial score (nSPS) is 12.7. The number of tetrazole rings is 1. The molecule has 108 valence electrons. The van der Waals surface area contributed by atoms with Crippen molar-refractivity contribution in [2.24, 2.45) is 0 Å². The fourth-order valence-electron chi connectivity index (χ4n) is 1.77.